The largest absolute Gasteiger partial charge is 0.395 e. The van der Waals surface area contributed by atoms with E-state index in [-0.39, 0.29) is 38.0 Å². The smallest absolute Gasteiger partial charge is 0.0604 e. The lowest BCUT2D eigenvalue weighted by Gasteiger charge is -2.12. The first kappa shape index (κ1) is 20.0. The van der Waals surface area contributed by atoms with Crippen LogP contribution in [0.15, 0.2) is 23.1 Å². The fourth-order valence-electron chi connectivity index (χ4n) is 1.35. The highest BCUT2D eigenvalue weighted by Gasteiger charge is 2.02. The molecule has 0 aromatic heterocycles. The highest BCUT2D eigenvalue weighted by atomic mass is 35.5. The van der Waals surface area contributed by atoms with E-state index in [4.69, 9.17) is 10.2 Å². The number of anilines is 2. The van der Waals surface area contributed by atoms with Crippen molar-refractivity contribution < 1.29 is 10.2 Å². The van der Waals surface area contributed by atoms with Gasteiger partial charge in [-0.2, -0.15) is 0 Å². The summed E-state index contributed by atoms with van der Waals surface area (Å²) in [5, 5.41) is 23.8. The molecule has 0 spiro atoms. The molecule has 0 bridgehead atoms. The molecule has 0 amide bonds. The van der Waals surface area contributed by atoms with Crippen LogP contribution in [0.4, 0.5) is 11.4 Å². The maximum atomic E-state index is 8.78. The minimum Gasteiger partial charge on any atom is -0.395 e. The van der Waals surface area contributed by atoms with Gasteiger partial charge in [-0.05, 0) is 24.5 Å². The van der Waals surface area contributed by atoms with Gasteiger partial charge in [0.05, 0.1) is 13.2 Å². The monoisotopic (exact) mass is 314 g/mol. The molecule has 4 N–H and O–H groups in total. The van der Waals surface area contributed by atoms with Gasteiger partial charge < -0.3 is 20.8 Å². The van der Waals surface area contributed by atoms with Crippen LogP contribution in [0, 0.1) is 0 Å². The highest BCUT2D eigenvalue weighted by molar-refractivity contribution is 7.98. The van der Waals surface area contributed by atoms with Crippen LogP contribution in [0.5, 0.6) is 0 Å². The van der Waals surface area contributed by atoms with Crippen LogP contribution in [0.25, 0.3) is 0 Å². The molecule has 0 saturated carbocycles. The molecule has 0 radical (unpaired) electrons. The minimum absolute atomic E-state index is 0. The Morgan fingerprint density at radius 3 is 2.22 bits per heavy atom. The van der Waals surface area contributed by atoms with E-state index in [1.54, 1.807) is 11.8 Å². The summed E-state index contributed by atoms with van der Waals surface area (Å²) in [7, 11) is 0. The third kappa shape index (κ3) is 6.56. The Balaban J connectivity index is 0. The van der Waals surface area contributed by atoms with Crippen LogP contribution in [0.2, 0.25) is 0 Å². The fraction of sp³-hybridized carbons (Fsp3) is 0.455. The Morgan fingerprint density at radius 1 is 1.06 bits per heavy atom. The molecule has 0 fully saturated rings. The maximum absolute atomic E-state index is 8.78. The summed E-state index contributed by atoms with van der Waals surface area (Å²) in [4.78, 5) is 1.14. The first-order valence-corrected chi connectivity index (χ1v) is 6.41. The van der Waals surface area contributed by atoms with Crippen molar-refractivity contribution in [3.8, 4) is 0 Å². The number of aliphatic hydroxyl groups is 2. The van der Waals surface area contributed by atoms with Crippen LogP contribution < -0.4 is 10.6 Å². The lowest BCUT2D eigenvalue weighted by molar-refractivity contribution is 0.311. The lowest BCUT2D eigenvalue weighted by atomic mass is 10.2. The number of hydrogen-bond acceptors (Lipinski definition) is 5. The second-order valence-electron chi connectivity index (χ2n) is 3.22. The first-order chi connectivity index (χ1) is 7.81. The number of nitrogens with one attached hydrogen (secondary N) is 2. The van der Waals surface area contributed by atoms with E-state index in [0.717, 1.165) is 16.3 Å². The van der Waals surface area contributed by atoms with Gasteiger partial charge in [0.2, 0.25) is 0 Å². The molecular weight excluding hydrogens is 295 g/mol. The van der Waals surface area contributed by atoms with Crippen LogP contribution in [-0.4, -0.2) is 42.8 Å². The fourth-order valence-corrected chi connectivity index (χ4v) is 1.90. The SMILES string of the molecule is CSc1ccc(NCCO)cc1NCCO.Cl.Cl. The molecule has 0 saturated heterocycles. The third-order valence-electron chi connectivity index (χ3n) is 2.07. The molecule has 4 nitrogen and oxygen atoms in total. The Morgan fingerprint density at radius 2 is 1.67 bits per heavy atom. The zero-order chi connectivity index (χ0) is 11.8. The molecule has 1 rings (SSSR count). The second-order valence-corrected chi connectivity index (χ2v) is 4.06. The number of thioether (sulfide) groups is 1. The van der Waals surface area contributed by atoms with Crippen molar-refractivity contribution in [2.45, 2.75) is 4.90 Å². The standard InChI is InChI=1S/C11H18N2O2S.2ClH/c1-16-11-3-2-9(12-4-6-14)8-10(11)13-5-7-15;;/h2-3,8,12-15H,4-7H2,1H3;2*1H. The average molecular weight is 315 g/mol. The summed E-state index contributed by atoms with van der Waals surface area (Å²) >= 11 is 1.66. The number of rotatable bonds is 7. The van der Waals surface area contributed by atoms with Gasteiger partial charge in [0.1, 0.15) is 0 Å². The van der Waals surface area contributed by atoms with E-state index >= 15 is 0 Å². The summed E-state index contributed by atoms with van der Waals surface area (Å²) < 4.78 is 0. The predicted octanol–water partition coefficient (Wildman–Crippen LogP) is 2.06. The predicted molar refractivity (Wildman–Crippen MR) is 83.9 cm³/mol. The van der Waals surface area contributed by atoms with Gasteiger partial charge >= 0.3 is 0 Å². The van der Waals surface area contributed by atoms with E-state index in [0.29, 0.717) is 13.1 Å². The van der Waals surface area contributed by atoms with Gasteiger partial charge in [-0.25, -0.2) is 0 Å². The first-order valence-electron chi connectivity index (χ1n) is 5.19. The molecule has 1 aromatic carbocycles. The summed E-state index contributed by atoms with van der Waals surface area (Å²) in [5.74, 6) is 0. The zero-order valence-electron chi connectivity index (χ0n) is 10.2. The summed E-state index contributed by atoms with van der Waals surface area (Å²) in [5.41, 5.74) is 1.97. The van der Waals surface area contributed by atoms with Crippen molar-refractivity contribution in [3.63, 3.8) is 0 Å². The van der Waals surface area contributed by atoms with Gasteiger partial charge in [-0.15, -0.1) is 36.6 Å². The van der Waals surface area contributed by atoms with Crippen LogP contribution in [0.3, 0.4) is 0 Å². The van der Waals surface area contributed by atoms with Crippen LogP contribution >= 0.6 is 36.6 Å². The minimum atomic E-state index is 0. The van der Waals surface area contributed by atoms with Crippen LogP contribution in [-0.2, 0) is 0 Å². The van der Waals surface area contributed by atoms with Crippen molar-refractivity contribution in [1.29, 1.82) is 0 Å². The quantitative estimate of drug-likeness (QED) is 0.580. The van der Waals surface area contributed by atoms with E-state index in [9.17, 15) is 0 Å². The van der Waals surface area contributed by atoms with Gasteiger partial charge in [-0.1, -0.05) is 0 Å². The Labute approximate surface area is 124 Å². The van der Waals surface area contributed by atoms with Gasteiger partial charge in [0.15, 0.2) is 0 Å². The van der Waals surface area contributed by atoms with Gasteiger partial charge in [-0.3, -0.25) is 0 Å². The van der Waals surface area contributed by atoms with E-state index in [1.165, 1.54) is 0 Å². The third-order valence-corrected chi connectivity index (χ3v) is 2.86. The molecule has 0 aliphatic heterocycles. The molecule has 0 heterocycles. The van der Waals surface area contributed by atoms with Crippen molar-refractivity contribution in [2.75, 3.05) is 43.2 Å². The van der Waals surface area contributed by atoms with Crippen molar-refractivity contribution in [2.24, 2.45) is 0 Å². The normalized spacial score (nSPS) is 9.06. The number of halogens is 2. The van der Waals surface area contributed by atoms with E-state index < -0.39 is 0 Å². The Kier molecular flexibility index (Phi) is 13.0. The van der Waals surface area contributed by atoms with Crippen molar-refractivity contribution in [1.82, 2.24) is 0 Å². The summed E-state index contributed by atoms with van der Waals surface area (Å²) in [6, 6.07) is 5.98. The number of benzene rings is 1. The lowest BCUT2D eigenvalue weighted by Crippen LogP contribution is -2.08. The second kappa shape index (κ2) is 11.7. The molecular formula is C11H20Cl2N2O2S. The summed E-state index contributed by atoms with van der Waals surface area (Å²) in [6.07, 6.45) is 2.01. The highest BCUT2D eigenvalue weighted by Crippen LogP contribution is 2.28. The van der Waals surface area contributed by atoms with E-state index in [2.05, 4.69) is 10.6 Å². The number of hydrogen-bond donors (Lipinski definition) is 4. The Bertz CT molecular complexity index is 330. The van der Waals surface area contributed by atoms with Gasteiger partial charge in [0.25, 0.3) is 0 Å². The molecule has 106 valence electrons. The number of aliphatic hydroxyl groups excluding tert-OH is 2. The van der Waals surface area contributed by atoms with E-state index in [1.807, 2.05) is 24.5 Å². The summed E-state index contributed by atoms with van der Waals surface area (Å²) in [6.45, 7) is 1.31. The molecule has 18 heavy (non-hydrogen) atoms. The van der Waals surface area contributed by atoms with Crippen LogP contribution in [0.1, 0.15) is 0 Å². The molecule has 0 atom stereocenters. The zero-order valence-corrected chi connectivity index (χ0v) is 12.6. The molecule has 0 aliphatic carbocycles. The van der Waals surface area contributed by atoms with Crippen molar-refractivity contribution >= 4 is 48.0 Å². The molecule has 0 unspecified atom stereocenters. The van der Waals surface area contributed by atoms with Gasteiger partial charge in [0, 0.05) is 29.4 Å². The van der Waals surface area contributed by atoms with Crippen molar-refractivity contribution in [3.05, 3.63) is 18.2 Å². The molecule has 1 aromatic rings. The molecule has 7 heteroatoms. The topological polar surface area (TPSA) is 64.5 Å². The maximum Gasteiger partial charge on any atom is 0.0604 e. The molecule has 0 aliphatic rings. The Hall–Kier alpha value is -0.330. The average Bonchev–Trinajstić information content (AvgIpc) is 2.33.